The van der Waals surface area contributed by atoms with E-state index in [9.17, 15) is 0 Å². The molecule has 0 aromatic heterocycles. The van der Waals surface area contributed by atoms with Crippen molar-refractivity contribution >= 4 is 0 Å². The van der Waals surface area contributed by atoms with Gasteiger partial charge in [-0.3, -0.25) is 0 Å². The molecule has 18 heavy (non-hydrogen) atoms. The molecular weight excluding hydrogens is 222 g/mol. The molecule has 0 atom stereocenters. The van der Waals surface area contributed by atoms with Crippen molar-refractivity contribution in [1.82, 2.24) is 5.32 Å². The molecule has 0 amide bonds. The van der Waals surface area contributed by atoms with Crippen LogP contribution in [0.3, 0.4) is 0 Å². The van der Waals surface area contributed by atoms with E-state index in [2.05, 4.69) is 43.4 Å². The van der Waals surface area contributed by atoms with Crippen molar-refractivity contribution in [2.45, 2.75) is 46.1 Å². The second kappa shape index (κ2) is 10.1. The highest BCUT2D eigenvalue weighted by atomic mass is 16.5. The van der Waals surface area contributed by atoms with E-state index < -0.39 is 0 Å². The van der Waals surface area contributed by atoms with Gasteiger partial charge in [-0.15, -0.1) is 0 Å². The second-order valence-corrected chi connectivity index (χ2v) is 4.67. The zero-order valence-electron chi connectivity index (χ0n) is 11.9. The molecule has 1 aromatic carbocycles. The van der Waals surface area contributed by atoms with E-state index in [1.165, 1.54) is 24.0 Å². The van der Waals surface area contributed by atoms with Crippen LogP contribution in [-0.4, -0.2) is 19.8 Å². The van der Waals surface area contributed by atoms with E-state index in [0.717, 1.165) is 39.1 Å². The van der Waals surface area contributed by atoms with Gasteiger partial charge in [0.25, 0.3) is 0 Å². The number of nitrogens with one attached hydrogen (secondary N) is 1. The molecule has 1 rings (SSSR count). The van der Waals surface area contributed by atoms with Gasteiger partial charge in [-0.2, -0.15) is 0 Å². The van der Waals surface area contributed by atoms with Gasteiger partial charge in [-0.1, -0.05) is 44.5 Å². The Morgan fingerprint density at radius 2 is 1.61 bits per heavy atom. The van der Waals surface area contributed by atoms with Crippen molar-refractivity contribution in [1.29, 1.82) is 0 Å². The lowest BCUT2D eigenvalue weighted by molar-refractivity contribution is 0.129. The molecule has 102 valence electrons. The molecule has 2 heteroatoms. The first kappa shape index (κ1) is 15.2. The normalized spacial score (nSPS) is 10.8. The summed E-state index contributed by atoms with van der Waals surface area (Å²) < 4.78 is 5.52. The van der Waals surface area contributed by atoms with E-state index in [1.807, 2.05) is 0 Å². The third-order valence-corrected chi connectivity index (χ3v) is 3.04. The minimum Gasteiger partial charge on any atom is -0.381 e. The summed E-state index contributed by atoms with van der Waals surface area (Å²) in [5.74, 6) is 0. The van der Waals surface area contributed by atoms with Gasteiger partial charge in [0, 0.05) is 19.8 Å². The Morgan fingerprint density at radius 3 is 2.28 bits per heavy atom. The van der Waals surface area contributed by atoms with Gasteiger partial charge in [0.15, 0.2) is 0 Å². The molecule has 2 nitrogen and oxygen atoms in total. The molecule has 0 aliphatic rings. The topological polar surface area (TPSA) is 21.3 Å². The summed E-state index contributed by atoms with van der Waals surface area (Å²) in [6, 6.07) is 8.85. The van der Waals surface area contributed by atoms with Gasteiger partial charge in [0.05, 0.1) is 0 Å². The van der Waals surface area contributed by atoms with Crippen LogP contribution >= 0.6 is 0 Å². The lowest BCUT2D eigenvalue weighted by atomic mass is 10.1. The number of aryl methyl sites for hydroxylation is 1. The smallest absolute Gasteiger partial charge is 0.0478 e. The molecule has 0 saturated carbocycles. The third-order valence-electron chi connectivity index (χ3n) is 3.04. The van der Waals surface area contributed by atoms with Crippen LogP contribution in [0, 0.1) is 0 Å². The Hall–Kier alpha value is -0.860. The summed E-state index contributed by atoms with van der Waals surface area (Å²) in [6.07, 6.45) is 4.60. The van der Waals surface area contributed by atoms with Gasteiger partial charge in [0.2, 0.25) is 0 Å². The molecular formula is C16H27NO. The maximum Gasteiger partial charge on any atom is 0.0478 e. The predicted molar refractivity (Wildman–Crippen MR) is 77.9 cm³/mol. The summed E-state index contributed by atoms with van der Waals surface area (Å²) in [6.45, 7) is 8.15. The monoisotopic (exact) mass is 249 g/mol. The van der Waals surface area contributed by atoms with E-state index in [-0.39, 0.29) is 0 Å². The second-order valence-electron chi connectivity index (χ2n) is 4.67. The number of hydrogen-bond acceptors (Lipinski definition) is 2. The maximum absolute atomic E-state index is 5.52. The lowest BCUT2D eigenvalue weighted by Crippen LogP contribution is -2.16. The number of hydrogen-bond donors (Lipinski definition) is 1. The van der Waals surface area contributed by atoms with Gasteiger partial charge >= 0.3 is 0 Å². The van der Waals surface area contributed by atoms with E-state index in [0.29, 0.717) is 0 Å². The van der Waals surface area contributed by atoms with Crippen LogP contribution in [0.2, 0.25) is 0 Å². The highest BCUT2D eigenvalue weighted by molar-refractivity contribution is 5.22. The first-order valence-corrected chi connectivity index (χ1v) is 7.23. The van der Waals surface area contributed by atoms with Crippen LogP contribution in [0.4, 0.5) is 0 Å². The number of ether oxygens (including phenoxy) is 1. The average molecular weight is 249 g/mol. The number of unbranched alkanes of at least 4 members (excludes halogenated alkanes) is 1. The SMILES string of the molecule is CCCCOCCCNCc1ccc(CC)cc1. The average Bonchev–Trinajstić information content (AvgIpc) is 2.42. The molecule has 0 radical (unpaired) electrons. The quantitative estimate of drug-likeness (QED) is 0.640. The molecule has 0 aliphatic carbocycles. The molecule has 0 fully saturated rings. The van der Waals surface area contributed by atoms with Crippen molar-refractivity contribution in [3.05, 3.63) is 35.4 Å². The first-order valence-electron chi connectivity index (χ1n) is 7.23. The molecule has 1 aromatic rings. The van der Waals surface area contributed by atoms with Crippen LogP contribution in [0.5, 0.6) is 0 Å². The molecule has 0 unspecified atom stereocenters. The molecule has 1 N–H and O–H groups in total. The van der Waals surface area contributed by atoms with E-state index >= 15 is 0 Å². The first-order chi connectivity index (χ1) is 8.86. The van der Waals surface area contributed by atoms with Crippen molar-refractivity contribution in [2.75, 3.05) is 19.8 Å². The Bertz CT molecular complexity index is 294. The van der Waals surface area contributed by atoms with Gasteiger partial charge in [-0.05, 0) is 36.9 Å². The fourth-order valence-corrected chi connectivity index (χ4v) is 1.77. The predicted octanol–water partition coefficient (Wildman–Crippen LogP) is 3.55. The van der Waals surface area contributed by atoms with E-state index in [1.54, 1.807) is 0 Å². The van der Waals surface area contributed by atoms with E-state index in [4.69, 9.17) is 4.74 Å². The molecule has 0 aliphatic heterocycles. The third kappa shape index (κ3) is 6.77. The van der Waals surface area contributed by atoms with Gasteiger partial charge < -0.3 is 10.1 Å². The van der Waals surface area contributed by atoms with Crippen molar-refractivity contribution in [3.63, 3.8) is 0 Å². The Kier molecular flexibility index (Phi) is 8.53. The van der Waals surface area contributed by atoms with Crippen molar-refractivity contribution in [2.24, 2.45) is 0 Å². The van der Waals surface area contributed by atoms with Crippen LogP contribution < -0.4 is 5.32 Å². The van der Waals surface area contributed by atoms with Crippen LogP contribution in [0.25, 0.3) is 0 Å². The fraction of sp³-hybridized carbons (Fsp3) is 0.625. The van der Waals surface area contributed by atoms with Crippen LogP contribution in [0.1, 0.15) is 44.2 Å². The Labute approximate surface area is 112 Å². The summed E-state index contributed by atoms with van der Waals surface area (Å²) in [4.78, 5) is 0. The highest BCUT2D eigenvalue weighted by Gasteiger charge is 1.94. The minimum atomic E-state index is 0.877. The number of rotatable bonds is 10. The van der Waals surface area contributed by atoms with Crippen molar-refractivity contribution < 1.29 is 4.74 Å². The van der Waals surface area contributed by atoms with Gasteiger partial charge in [0.1, 0.15) is 0 Å². The highest BCUT2D eigenvalue weighted by Crippen LogP contribution is 2.04. The maximum atomic E-state index is 5.52. The minimum absolute atomic E-state index is 0.877. The van der Waals surface area contributed by atoms with Crippen molar-refractivity contribution in [3.8, 4) is 0 Å². The number of benzene rings is 1. The molecule has 0 heterocycles. The Morgan fingerprint density at radius 1 is 0.944 bits per heavy atom. The largest absolute Gasteiger partial charge is 0.381 e. The Balaban J connectivity index is 2.00. The zero-order valence-corrected chi connectivity index (χ0v) is 11.9. The summed E-state index contributed by atoms with van der Waals surface area (Å²) in [5, 5.41) is 3.45. The van der Waals surface area contributed by atoms with Gasteiger partial charge in [-0.25, -0.2) is 0 Å². The summed E-state index contributed by atoms with van der Waals surface area (Å²) >= 11 is 0. The van der Waals surface area contributed by atoms with Crippen LogP contribution in [-0.2, 0) is 17.7 Å². The molecule has 0 spiro atoms. The zero-order chi connectivity index (χ0) is 13.1. The van der Waals surface area contributed by atoms with Crippen LogP contribution in [0.15, 0.2) is 24.3 Å². The summed E-state index contributed by atoms with van der Waals surface area (Å²) in [5.41, 5.74) is 2.77. The standard InChI is InChI=1S/C16H27NO/c1-3-5-12-18-13-6-11-17-14-16-9-7-15(4-2)8-10-16/h7-10,17H,3-6,11-14H2,1-2H3. The molecule has 0 bridgehead atoms. The lowest BCUT2D eigenvalue weighted by Gasteiger charge is -2.06. The fourth-order valence-electron chi connectivity index (χ4n) is 1.77. The molecule has 0 saturated heterocycles. The summed E-state index contributed by atoms with van der Waals surface area (Å²) in [7, 11) is 0.